The molecule has 2 aromatic heterocycles. The van der Waals surface area contributed by atoms with Gasteiger partial charge in [-0.1, -0.05) is 18.2 Å². The number of carbonyl (C=O) groups is 3. The van der Waals surface area contributed by atoms with Crippen LogP contribution in [0.2, 0.25) is 0 Å². The summed E-state index contributed by atoms with van der Waals surface area (Å²) in [6, 6.07) is 14.1. The fourth-order valence-corrected chi connectivity index (χ4v) is 6.38. The van der Waals surface area contributed by atoms with Crippen molar-refractivity contribution < 1.29 is 58.5 Å². The van der Waals surface area contributed by atoms with Gasteiger partial charge in [-0.25, -0.2) is 4.98 Å². The Hall–Kier alpha value is -3.63. The smallest absolute Gasteiger partial charge is 0.545 e. The van der Waals surface area contributed by atoms with Gasteiger partial charge in [0.15, 0.2) is 11.6 Å². The van der Waals surface area contributed by atoms with E-state index in [2.05, 4.69) is 10.3 Å². The third-order valence-electron chi connectivity index (χ3n) is 8.69. The minimum atomic E-state index is -1.34. The number of pyridine rings is 2. The van der Waals surface area contributed by atoms with Crippen molar-refractivity contribution >= 4 is 28.4 Å². The summed E-state index contributed by atoms with van der Waals surface area (Å²) in [6.07, 6.45) is 5.83. The predicted octanol–water partition coefficient (Wildman–Crippen LogP) is 0.747. The van der Waals surface area contributed by atoms with Gasteiger partial charge >= 0.3 is 29.6 Å². The number of ketones is 2. The van der Waals surface area contributed by atoms with E-state index in [1.54, 1.807) is 31.4 Å². The number of hydrogen-bond acceptors (Lipinski definition) is 9. The van der Waals surface area contributed by atoms with E-state index in [1.807, 2.05) is 18.2 Å². The number of hydrogen-bond donors (Lipinski definition) is 1. The van der Waals surface area contributed by atoms with Crippen molar-refractivity contribution in [2.75, 3.05) is 20.2 Å². The van der Waals surface area contributed by atoms with Gasteiger partial charge in [-0.15, -0.1) is 0 Å². The molecule has 1 atom stereocenters. The molecular weight excluding hydrogens is 557 g/mol. The summed E-state index contributed by atoms with van der Waals surface area (Å²) >= 11 is 0. The van der Waals surface area contributed by atoms with Crippen LogP contribution in [0.15, 0.2) is 60.9 Å². The number of methoxy groups -OCH3 is 1. The molecule has 3 aliphatic rings. The van der Waals surface area contributed by atoms with E-state index < -0.39 is 23.3 Å². The number of fused-ring (bicyclic) bond motifs is 2. The summed E-state index contributed by atoms with van der Waals surface area (Å²) in [5, 5.41) is 15.5. The average molecular weight is 586 g/mol. The zero-order valence-electron chi connectivity index (χ0n) is 24.0. The Balaban J connectivity index is 0.00000329. The van der Waals surface area contributed by atoms with Gasteiger partial charge in [0.2, 0.25) is 0 Å². The number of aromatic nitrogens is 2. The van der Waals surface area contributed by atoms with Crippen LogP contribution in [0.25, 0.3) is 22.0 Å². The number of carboxylic acid groups (broad SMARTS) is 1. The van der Waals surface area contributed by atoms with Crippen LogP contribution in [0.1, 0.15) is 68.4 Å². The molecule has 0 unspecified atom stereocenters. The second kappa shape index (κ2) is 11.5. The second-order valence-electron chi connectivity index (χ2n) is 11.3. The van der Waals surface area contributed by atoms with Gasteiger partial charge in [0.05, 0.1) is 24.2 Å². The summed E-state index contributed by atoms with van der Waals surface area (Å²) < 4.78 is 12.3. The van der Waals surface area contributed by atoms with E-state index in [-0.39, 0.29) is 52.2 Å². The molecule has 0 amide bonds. The standard InChI is InChI=1S/C33H29N3O6.Na/c1-41-27-15-25(36-29-22(18-5-6-18)3-2-4-23(27)29)31(38)28-30(37)24-14-19(20-13-21(32(39)40)17-35-16-20)7-8-26(24)42-33(28)9-11-34-12-10-33;/h2-4,7-8,13-18,28,34H,5-6,9-12H2,1H3,(H,39,40);/q;+1/p-1/t28-;/m1./s1. The number of benzene rings is 2. The van der Waals surface area contributed by atoms with Gasteiger partial charge < -0.3 is 24.7 Å². The predicted molar refractivity (Wildman–Crippen MR) is 152 cm³/mol. The van der Waals surface area contributed by atoms with Crippen molar-refractivity contribution in [1.29, 1.82) is 0 Å². The molecule has 2 fully saturated rings. The van der Waals surface area contributed by atoms with Gasteiger partial charge in [-0.3, -0.25) is 14.6 Å². The Morgan fingerprint density at radius 3 is 2.56 bits per heavy atom. The maximum Gasteiger partial charge on any atom is 1.00 e. The first kappa shape index (κ1) is 29.4. The number of Topliss-reactive ketones (excluding diaryl/α,β-unsaturated/α-hetero) is 2. The Kier molecular flexibility index (Phi) is 7.85. The average Bonchev–Trinajstić information content (AvgIpc) is 3.86. The van der Waals surface area contributed by atoms with Gasteiger partial charge in [0.25, 0.3) is 0 Å². The van der Waals surface area contributed by atoms with E-state index in [0.29, 0.717) is 54.5 Å². The molecule has 1 spiro atoms. The first-order chi connectivity index (χ1) is 20.4. The Bertz CT molecular complexity index is 1780. The number of carbonyl (C=O) groups excluding carboxylic acids is 3. The molecule has 1 N–H and O–H groups in total. The molecule has 10 heteroatoms. The van der Waals surface area contributed by atoms with Crippen molar-refractivity contribution in [1.82, 2.24) is 15.3 Å². The zero-order valence-corrected chi connectivity index (χ0v) is 26.0. The third-order valence-corrected chi connectivity index (χ3v) is 8.69. The Labute approximate surface area is 270 Å². The van der Waals surface area contributed by atoms with Crippen LogP contribution >= 0.6 is 0 Å². The minimum Gasteiger partial charge on any atom is -0.545 e. The first-order valence-corrected chi connectivity index (χ1v) is 14.2. The number of nitrogens with one attached hydrogen (secondary N) is 1. The first-order valence-electron chi connectivity index (χ1n) is 14.2. The number of rotatable bonds is 6. The molecule has 7 rings (SSSR count). The molecule has 0 radical (unpaired) electrons. The molecule has 4 aromatic rings. The quantitative estimate of drug-likeness (QED) is 0.198. The summed E-state index contributed by atoms with van der Waals surface area (Å²) in [6.45, 7) is 1.21. The van der Waals surface area contributed by atoms with Gasteiger partial charge in [-0.2, -0.15) is 0 Å². The number of para-hydroxylation sites is 1. The van der Waals surface area contributed by atoms with Crippen molar-refractivity contribution in [3.05, 3.63) is 83.3 Å². The van der Waals surface area contributed by atoms with Crippen LogP contribution in [0.4, 0.5) is 0 Å². The van der Waals surface area contributed by atoms with Crippen LogP contribution in [-0.4, -0.2) is 53.3 Å². The molecule has 1 aliphatic carbocycles. The Morgan fingerprint density at radius 2 is 1.84 bits per heavy atom. The number of aromatic carboxylic acids is 1. The van der Waals surface area contributed by atoms with Crippen LogP contribution in [0.5, 0.6) is 11.5 Å². The molecule has 2 aliphatic heterocycles. The molecule has 43 heavy (non-hydrogen) atoms. The van der Waals surface area contributed by atoms with Crippen molar-refractivity contribution in [3.8, 4) is 22.6 Å². The summed E-state index contributed by atoms with van der Waals surface area (Å²) in [5.41, 5.74) is 2.25. The molecule has 0 bridgehead atoms. The molecule has 2 aromatic carbocycles. The molecule has 4 heterocycles. The largest absolute Gasteiger partial charge is 1.00 e. The number of ether oxygens (including phenoxy) is 2. The van der Waals surface area contributed by atoms with Gasteiger partial charge in [0.1, 0.15) is 28.7 Å². The SMILES string of the molecule is COc1cc(C(=O)[C@H]2C(=O)c3cc(-c4cncc(C(=O)[O-])c4)ccc3OC23CCNCC3)nc2c(C3CC3)cccc12.[Na+]. The van der Waals surface area contributed by atoms with Crippen LogP contribution in [0, 0.1) is 5.92 Å². The van der Waals surface area contributed by atoms with E-state index >= 15 is 0 Å². The summed E-state index contributed by atoms with van der Waals surface area (Å²) in [5.74, 6) is -1.85. The molecule has 212 valence electrons. The van der Waals surface area contributed by atoms with E-state index in [9.17, 15) is 19.5 Å². The normalized spacial score (nSPS) is 18.8. The van der Waals surface area contributed by atoms with Crippen LogP contribution < -0.4 is 49.5 Å². The molecular formula is C33H28N3NaO6. The second-order valence-corrected chi connectivity index (χ2v) is 11.3. The maximum atomic E-state index is 14.5. The van der Waals surface area contributed by atoms with E-state index in [4.69, 9.17) is 14.5 Å². The molecule has 9 nitrogen and oxygen atoms in total. The summed E-state index contributed by atoms with van der Waals surface area (Å²) in [4.78, 5) is 49.1. The molecule has 1 saturated heterocycles. The monoisotopic (exact) mass is 585 g/mol. The topological polar surface area (TPSA) is 131 Å². The van der Waals surface area contributed by atoms with Crippen molar-refractivity contribution in [2.24, 2.45) is 5.92 Å². The fraction of sp³-hybridized carbons (Fsp3) is 0.303. The number of piperidine rings is 1. The Morgan fingerprint density at radius 1 is 1.05 bits per heavy atom. The molecule has 1 saturated carbocycles. The summed E-state index contributed by atoms with van der Waals surface area (Å²) in [7, 11) is 1.57. The van der Waals surface area contributed by atoms with Gasteiger partial charge in [0, 0.05) is 47.8 Å². The maximum absolute atomic E-state index is 14.5. The van der Waals surface area contributed by atoms with Crippen molar-refractivity contribution in [3.63, 3.8) is 0 Å². The van der Waals surface area contributed by atoms with Crippen LogP contribution in [-0.2, 0) is 0 Å². The van der Waals surface area contributed by atoms with E-state index in [1.165, 1.54) is 18.5 Å². The van der Waals surface area contributed by atoms with Gasteiger partial charge in [-0.05, 0) is 67.2 Å². The zero-order chi connectivity index (χ0) is 29.0. The number of carboxylic acids is 1. The fourth-order valence-electron chi connectivity index (χ4n) is 6.38. The minimum absolute atomic E-state index is 0. The number of nitrogens with zero attached hydrogens (tertiary/aromatic N) is 2. The van der Waals surface area contributed by atoms with E-state index in [0.717, 1.165) is 29.3 Å². The van der Waals surface area contributed by atoms with Crippen LogP contribution in [0.3, 0.4) is 0 Å². The third kappa shape index (κ3) is 5.14. The van der Waals surface area contributed by atoms with Crippen molar-refractivity contribution in [2.45, 2.75) is 37.2 Å².